The molecule has 10 heteroatoms. The number of ether oxygens (including phenoxy) is 2. The Labute approximate surface area is 232 Å². The van der Waals surface area contributed by atoms with Gasteiger partial charge in [-0.1, -0.05) is 49.0 Å². The van der Waals surface area contributed by atoms with Crippen molar-refractivity contribution in [3.8, 4) is 11.5 Å². The van der Waals surface area contributed by atoms with Crippen molar-refractivity contribution in [2.45, 2.75) is 26.2 Å². The van der Waals surface area contributed by atoms with Crippen molar-refractivity contribution in [3.63, 3.8) is 0 Å². The lowest BCUT2D eigenvalue weighted by atomic mass is 10.0. The van der Waals surface area contributed by atoms with Gasteiger partial charge < -0.3 is 25.0 Å². The van der Waals surface area contributed by atoms with E-state index in [-0.39, 0.29) is 36.0 Å². The largest absolute Gasteiger partial charge is 0.507 e. The highest BCUT2D eigenvalue weighted by Gasteiger charge is 2.17. The van der Waals surface area contributed by atoms with Gasteiger partial charge in [0.05, 0.1) is 24.5 Å². The first-order chi connectivity index (χ1) is 19.2. The third-order valence-corrected chi connectivity index (χ3v) is 5.63. The Morgan fingerprint density at radius 2 is 1.60 bits per heavy atom. The zero-order valence-corrected chi connectivity index (χ0v) is 22.1. The molecular weight excluding hydrogens is 514 g/mol. The minimum absolute atomic E-state index is 0.00132. The summed E-state index contributed by atoms with van der Waals surface area (Å²) in [4.78, 5) is 35.8. The van der Waals surface area contributed by atoms with Gasteiger partial charge in [0.2, 0.25) is 0 Å². The molecule has 0 unspecified atom stereocenters. The molecule has 3 N–H and O–H groups in total. The van der Waals surface area contributed by atoms with Crippen LogP contribution in [0.25, 0.3) is 0 Å². The van der Waals surface area contributed by atoms with E-state index in [2.05, 4.69) is 22.1 Å². The van der Waals surface area contributed by atoms with Gasteiger partial charge in [0.1, 0.15) is 17.2 Å². The highest BCUT2D eigenvalue weighted by atomic mass is 16.5. The van der Waals surface area contributed by atoms with Gasteiger partial charge in [-0.2, -0.15) is 5.11 Å². The molecule has 0 aliphatic rings. The van der Waals surface area contributed by atoms with Crippen molar-refractivity contribution in [3.05, 3.63) is 95.6 Å². The lowest BCUT2D eigenvalue weighted by Crippen LogP contribution is -2.26. The fourth-order valence-corrected chi connectivity index (χ4v) is 3.43. The van der Waals surface area contributed by atoms with Gasteiger partial charge in [-0.15, -0.1) is 5.11 Å². The molecule has 0 aromatic heterocycles. The zero-order chi connectivity index (χ0) is 28.9. The summed E-state index contributed by atoms with van der Waals surface area (Å²) in [6.45, 7) is 5.94. The number of amides is 1. The predicted molar refractivity (Wildman–Crippen MR) is 148 cm³/mol. The molecule has 208 valence electrons. The Morgan fingerprint density at radius 1 is 0.875 bits per heavy atom. The predicted octanol–water partition coefficient (Wildman–Crippen LogP) is 5.91. The minimum atomic E-state index is -0.525. The topological polar surface area (TPSA) is 147 Å². The normalized spacial score (nSPS) is 10.7. The van der Waals surface area contributed by atoms with Crippen LogP contribution in [0.4, 0.5) is 16.2 Å². The van der Waals surface area contributed by atoms with Crippen molar-refractivity contribution in [2.75, 3.05) is 19.8 Å². The van der Waals surface area contributed by atoms with Crippen molar-refractivity contribution in [2.24, 2.45) is 10.2 Å². The average molecular weight is 546 g/mol. The Morgan fingerprint density at radius 3 is 2.30 bits per heavy atom. The molecule has 1 amide bonds. The number of nitrogens with one attached hydrogen (secondary N) is 1. The molecule has 0 radical (unpaired) electrons. The van der Waals surface area contributed by atoms with Crippen molar-refractivity contribution in [1.29, 1.82) is 0 Å². The highest BCUT2D eigenvalue weighted by molar-refractivity contribution is 6.11. The maximum absolute atomic E-state index is 12.7. The van der Waals surface area contributed by atoms with Crippen LogP contribution in [-0.2, 0) is 20.7 Å². The second kappa shape index (κ2) is 14.8. The van der Waals surface area contributed by atoms with Gasteiger partial charge in [0.15, 0.2) is 5.78 Å². The molecular formula is C30H31N3O7. The summed E-state index contributed by atoms with van der Waals surface area (Å²) in [6, 6.07) is 17.9. The molecule has 3 aromatic carbocycles. The Balaban J connectivity index is 1.44. The number of rotatable bonds is 13. The van der Waals surface area contributed by atoms with Crippen LogP contribution in [0, 0.1) is 0 Å². The van der Waals surface area contributed by atoms with Gasteiger partial charge in [0, 0.05) is 30.2 Å². The standard InChI is InChI=1S/C30H31N3O7/c1-20(2)29(37)39-16-7-6-15-31-30(38)40-17-14-21-10-12-23(13-11-21)32-33-25-18-24(26(34)19-27(25)35)28(36)22-8-4-3-5-9-22/h3-5,8-13,18-19,34-35H,1,6-7,14-17H2,2H3,(H,31,38)/b33-32+. The number of aromatic hydroxyl groups is 2. The molecule has 0 heterocycles. The third kappa shape index (κ3) is 9.09. The number of phenolic OH excluding ortho intramolecular Hbond substituents is 2. The number of azo groups is 1. The van der Waals surface area contributed by atoms with Crippen molar-refractivity contribution in [1.82, 2.24) is 5.32 Å². The molecule has 0 saturated carbocycles. The number of ketones is 1. The first kappa shape index (κ1) is 29.6. The summed E-state index contributed by atoms with van der Waals surface area (Å²) < 4.78 is 10.2. The summed E-state index contributed by atoms with van der Waals surface area (Å²) in [5, 5.41) is 31.1. The van der Waals surface area contributed by atoms with E-state index in [1.54, 1.807) is 49.4 Å². The van der Waals surface area contributed by atoms with Gasteiger partial charge >= 0.3 is 12.1 Å². The van der Waals surface area contributed by atoms with E-state index in [9.17, 15) is 24.6 Å². The maximum Gasteiger partial charge on any atom is 0.407 e. The van der Waals surface area contributed by atoms with Crippen LogP contribution >= 0.6 is 0 Å². The maximum atomic E-state index is 12.7. The van der Waals surface area contributed by atoms with Crippen molar-refractivity contribution >= 4 is 29.2 Å². The average Bonchev–Trinajstić information content (AvgIpc) is 2.95. The van der Waals surface area contributed by atoms with E-state index in [1.807, 2.05) is 12.1 Å². The van der Waals surface area contributed by atoms with Gasteiger partial charge in [-0.25, -0.2) is 9.59 Å². The zero-order valence-electron chi connectivity index (χ0n) is 22.1. The number of hydrogen-bond acceptors (Lipinski definition) is 9. The molecule has 0 aliphatic heterocycles. The van der Waals surface area contributed by atoms with Gasteiger partial charge in [-0.05, 0) is 43.5 Å². The quantitative estimate of drug-likeness (QED) is 0.0795. The third-order valence-electron chi connectivity index (χ3n) is 5.63. The summed E-state index contributed by atoms with van der Waals surface area (Å²) in [7, 11) is 0. The first-order valence-electron chi connectivity index (χ1n) is 12.6. The Hall–Kier alpha value is -4.99. The van der Waals surface area contributed by atoms with E-state index in [0.29, 0.717) is 42.6 Å². The molecule has 3 rings (SSSR count). The number of phenols is 2. The van der Waals surface area contributed by atoms with Crippen LogP contribution in [0.1, 0.15) is 41.3 Å². The molecule has 0 bridgehead atoms. The fraction of sp³-hybridized carbons (Fsp3) is 0.233. The monoisotopic (exact) mass is 545 g/mol. The number of nitrogens with zero attached hydrogens (tertiary/aromatic N) is 2. The summed E-state index contributed by atoms with van der Waals surface area (Å²) >= 11 is 0. The lowest BCUT2D eigenvalue weighted by molar-refractivity contribution is -0.139. The highest BCUT2D eigenvalue weighted by Crippen LogP contribution is 2.35. The molecule has 0 fully saturated rings. The number of benzene rings is 3. The minimum Gasteiger partial charge on any atom is -0.507 e. The van der Waals surface area contributed by atoms with Crippen LogP contribution in [0.2, 0.25) is 0 Å². The van der Waals surface area contributed by atoms with Crippen LogP contribution in [0.5, 0.6) is 11.5 Å². The van der Waals surface area contributed by atoms with E-state index in [1.165, 1.54) is 6.07 Å². The van der Waals surface area contributed by atoms with Crippen LogP contribution < -0.4 is 5.32 Å². The Bertz CT molecular complexity index is 1370. The van der Waals surface area contributed by atoms with Crippen LogP contribution in [0.3, 0.4) is 0 Å². The molecule has 0 saturated heterocycles. The number of alkyl carbamates (subject to hydrolysis) is 1. The van der Waals surface area contributed by atoms with Crippen LogP contribution in [0.15, 0.2) is 89.1 Å². The number of hydrogen-bond donors (Lipinski definition) is 3. The molecule has 0 spiro atoms. The van der Waals surface area contributed by atoms with E-state index in [0.717, 1.165) is 11.6 Å². The second-order valence-electron chi connectivity index (χ2n) is 8.86. The fourth-order valence-electron chi connectivity index (χ4n) is 3.43. The molecule has 10 nitrogen and oxygen atoms in total. The summed E-state index contributed by atoms with van der Waals surface area (Å²) in [5.74, 6) is -1.50. The molecule has 0 aliphatic carbocycles. The summed E-state index contributed by atoms with van der Waals surface area (Å²) in [6.07, 6.45) is 1.22. The molecule has 0 atom stereocenters. The summed E-state index contributed by atoms with van der Waals surface area (Å²) in [5.41, 5.74) is 2.19. The van der Waals surface area contributed by atoms with Crippen molar-refractivity contribution < 1.29 is 34.1 Å². The van der Waals surface area contributed by atoms with E-state index in [4.69, 9.17) is 9.47 Å². The number of esters is 1. The molecule has 40 heavy (non-hydrogen) atoms. The first-order valence-corrected chi connectivity index (χ1v) is 12.6. The second-order valence-corrected chi connectivity index (χ2v) is 8.86. The van der Waals surface area contributed by atoms with E-state index >= 15 is 0 Å². The smallest absolute Gasteiger partial charge is 0.407 e. The van der Waals surface area contributed by atoms with Gasteiger partial charge in [0.25, 0.3) is 0 Å². The number of unbranched alkanes of at least 4 members (excludes halogenated alkanes) is 1. The number of carbonyl (C=O) groups excluding carboxylic acids is 3. The molecule has 3 aromatic rings. The van der Waals surface area contributed by atoms with Crippen LogP contribution in [-0.4, -0.2) is 47.8 Å². The van der Waals surface area contributed by atoms with Gasteiger partial charge in [-0.3, -0.25) is 4.79 Å². The lowest BCUT2D eigenvalue weighted by Gasteiger charge is -2.08. The SMILES string of the molecule is C=C(C)C(=O)OCCCCNC(=O)OCCc1ccc(/N=N/c2cc(C(=O)c3ccccc3)c(O)cc2O)cc1. The van der Waals surface area contributed by atoms with E-state index < -0.39 is 17.8 Å². The number of carbonyl (C=O) groups is 3. The Kier molecular flexibility index (Phi) is 11.0.